The van der Waals surface area contributed by atoms with Crippen molar-refractivity contribution in [1.82, 2.24) is 10.2 Å². The van der Waals surface area contributed by atoms with E-state index >= 15 is 0 Å². The minimum absolute atomic E-state index is 0.242. The Morgan fingerprint density at radius 1 is 1.03 bits per heavy atom. The van der Waals surface area contributed by atoms with Gasteiger partial charge in [0.05, 0.1) is 24.6 Å². The second-order valence-electron chi connectivity index (χ2n) is 7.80. The summed E-state index contributed by atoms with van der Waals surface area (Å²) in [5.41, 5.74) is 1.49. The van der Waals surface area contributed by atoms with Crippen molar-refractivity contribution in [3.8, 4) is 0 Å². The highest BCUT2D eigenvalue weighted by atomic mass is 16.4. The zero-order valence-electron chi connectivity index (χ0n) is 17.8. The summed E-state index contributed by atoms with van der Waals surface area (Å²) in [6, 6.07) is 11.9. The molecule has 1 aliphatic rings. The van der Waals surface area contributed by atoms with Crippen molar-refractivity contribution in [1.29, 1.82) is 0 Å². The Morgan fingerprint density at radius 2 is 1.73 bits per heavy atom. The summed E-state index contributed by atoms with van der Waals surface area (Å²) in [5.74, 6) is -4.33. The van der Waals surface area contributed by atoms with E-state index < -0.39 is 54.5 Å². The van der Waals surface area contributed by atoms with Crippen LogP contribution < -0.4 is 10.6 Å². The van der Waals surface area contributed by atoms with Crippen LogP contribution in [-0.4, -0.2) is 56.7 Å². The van der Waals surface area contributed by atoms with Crippen molar-refractivity contribution in [2.75, 3.05) is 11.9 Å². The highest BCUT2D eigenvalue weighted by Crippen LogP contribution is 2.41. The fourth-order valence-electron chi connectivity index (χ4n) is 4.00. The Bertz CT molecular complexity index is 1040. The van der Waals surface area contributed by atoms with E-state index in [1.54, 1.807) is 61.5 Å². The number of anilines is 1. The number of nitrogens with one attached hydrogen (secondary N) is 2. The van der Waals surface area contributed by atoms with E-state index in [1.807, 2.05) is 0 Å². The molecule has 0 bridgehead atoms. The molecule has 1 fully saturated rings. The number of amides is 3. The van der Waals surface area contributed by atoms with Crippen LogP contribution in [0, 0.1) is 5.92 Å². The van der Waals surface area contributed by atoms with Gasteiger partial charge in [-0.05, 0) is 36.6 Å². The van der Waals surface area contributed by atoms with Crippen LogP contribution in [0.2, 0.25) is 0 Å². The summed E-state index contributed by atoms with van der Waals surface area (Å²) in [6.45, 7) is 1.06. The van der Waals surface area contributed by atoms with Crippen LogP contribution in [0.1, 0.15) is 36.6 Å². The van der Waals surface area contributed by atoms with E-state index in [0.717, 1.165) is 4.90 Å². The van der Waals surface area contributed by atoms with Gasteiger partial charge in [-0.1, -0.05) is 42.5 Å². The molecule has 1 saturated heterocycles. The third kappa shape index (κ3) is 5.47. The smallest absolute Gasteiger partial charge is 0.326 e. The van der Waals surface area contributed by atoms with Gasteiger partial charge in [-0.25, -0.2) is 9.59 Å². The third-order valence-electron chi connectivity index (χ3n) is 5.55. The van der Waals surface area contributed by atoms with Gasteiger partial charge in [0.2, 0.25) is 5.91 Å². The standard InChI is InChI=1S/C23H25N3O7/c1-13(27)15-8-5-9-16(10-15)25-23(33)24-12-19(28)26-18(22(31)32)11-17(21(29)30)20(26)14-6-3-2-4-7-14/h2-10,13,17-18,20,27H,11-12H2,1H3,(H,29,30)(H,31,32)(H2,24,25,33). The molecule has 0 spiro atoms. The monoisotopic (exact) mass is 455 g/mol. The van der Waals surface area contributed by atoms with E-state index in [0.29, 0.717) is 16.8 Å². The molecular weight excluding hydrogens is 430 g/mol. The van der Waals surface area contributed by atoms with Crippen LogP contribution in [0.4, 0.5) is 10.5 Å². The first-order valence-corrected chi connectivity index (χ1v) is 10.3. The molecule has 1 aliphatic heterocycles. The first kappa shape index (κ1) is 23.7. The predicted molar refractivity (Wildman–Crippen MR) is 117 cm³/mol. The number of benzene rings is 2. The molecule has 2 aromatic rings. The quantitative estimate of drug-likeness (QED) is 0.427. The zero-order valence-corrected chi connectivity index (χ0v) is 17.8. The Hall–Kier alpha value is -3.92. The zero-order chi connectivity index (χ0) is 24.1. The van der Waals surface area contributed by atoms with Crippen LogP contribution in [-0.2, 0) is 14.4 Å². The van der Waals surface area contributed by atoms with Gasteiger partial charge in [0.25, 0.3) is 0 Å². The number of carboxylic acids is 2. The maximum atomic E-state index is 13.0. The van der Waals surface area contributed by atoms with Gasteiger partial charge in [0, 0.05) is 5.69 Å². The predicted octanol–water partition coefficient (Wildman–Crippen LogP) is 1.99. The lowest BCUT2D eigenvalue weighted by Crippen LogP contribution is -2.47. The average Bonchev–Trinajstić information content (AvgIpc) is 3.20. The molecule has 4 unspecified atom stereocenters. The molecule has 33 heavy (non-hydrogen) atoms. The number of carbonyl (C=O) groups is 4. The second-order valence-corrected chi connectivity index (χ2v) is 7.80. The highest BCUT2D eigenvalue weighted by Gasteiger charge is 2.50. The number of likely N-dealkylation sites (tertiary alicyclic amines) is 1. The minimum Gasteiger partial charge on any atom is -0.481 e. The van der Waals surface area contributed by atoms with Gasteiger partial charge in [-0.3, -0.25) is 9.59 Å². The molecule has 3 amide bonds. The molecule has 3 rings (SSSR count). The second kappa shape index (κ2) is 10.1. The van der Waals surface area contributed by atoms with E-state index in [2.05, 4.69) is 10.6 Å². The molecule has 1 heterocycles. The third-order valence-corrected chi connectivity index (χ3v) is 5.55. The Labute approximate surface area is 189 Å². The fourth-order valence-corrected chi connectivity index (χ4v) is 4.00. The molecule has 5 N–H and O–H groups in total. The first-order valence-electron chi connectivity index (χ1n) is 10.3. The summed E-state index contributed by atoms with van der Waals surface area (Å²) in [6.07, 6.45) is -0.967. The molecule has 2 aromatic carbocycles. The number of carbonyl (C=O) groups excluding carboxylic acids is 2. The number of aliphatic hydroxyl groups excluding tert-OH is 1. The highest BCUT2D eigenvalue weighted by molar-refractivity contribution is 5.94. The number of carboxylic acid groups (broad SMARTS) is 2. The van der Waals surface area contributed by atoms with Gasteiger partial charge in [-0.2, -0.15) is 0 Å². The van der Waals surface area contributed by atoms with Gasteiger partial charge in [0.1, 0.15) is 6.04 Å². The molecule has 10 nitrogen and oxygen atoms in total. The number of hydrogen-bond donors (Lipinski definition) is 5. The summed E-state index contributed by atoms with van der Waals surface area (Å²) in [7, 11) is 0. The molecule has 0 aromatic heterocycles. The van der Waals surface area contributed by atoms with Crippen molar-refractivity contribution in [3.05, 3.63) is 65.7 Å². The fraction of sp³-hybridized carbons (Fsp3) is 0.304. The minimum atomic E-state index is -1.34. The van der Waals surface area contributed by atoms with Crippen molar-refractivity contribution in [3.63, 3.8) is 0 Å². The van der Waals surface area contributed by atoms with Gasteiger partial charge >= 0.3 is 18.0 Å². The number of urea groups is 1. The summed E-state index contributed by atoms with van der Waals surface area (Å²) in [5, 5.41) is 33.9. The molecule has 4 atom stereocenters. The maximum absolute atomic E-state index is 13.0. The van der Waals surface area contributed by atoms with E-state index in [-0.39, 0.29) is 6.42 Å². The first-order chi connectivity index (χ1) is 15.7. The van der Waals surface area contributed by atoms with Crippen LogP contribution in [0.25, 0.3) is 0 Å². The Morgan fingerprint density at radius 3 is 2.33 bits per heavy atom. The average molecular weight is 455 g/mol. The van der Waals surface area contributed by atoms with Crippen molar-refractivity contribution < 1.29 is 34.5 Å². The van der Waals surface area contributed by atoms with E-state index in [4.69, 9.17) is 0 Å². The summed E-state index contributed by atoms with van der Waals surface area (Å²) in [4.78, 5) is 50.0. The SMILES string of the molecule is CC(O)c1cccc(NC(=O)NCC(=O)N2C(C(=O)O)CC(C(=O)O)C2c2ccccc2)c1. The van der Waals surface area contributed by atoms with Crippen molar-refractivity contribution >= 4 is 29.6 Å². The van der Waals surface area contributed by atoms with Gasteiger partial charge in [0.15, 0.2) is 0 Å². The molecule has 0 aliphatic carbocycles. The van der Waals surface area contributed by atoms with Crippen molar-refractivity contribution in [2.24, 2.45) is 5.92 Å². The lowest BCUT2D eigenvalue weighted by Gasteiger charge is -2.30. The number of nitrogens with zero attached hydrogens (tertiary/aromatic N) is 1. The molecule has 0 radical (unpaired) electrons. The van der Waals surface area contributed by atoms with E-state index in [1.165, 1.54) is 0 Å². The molecule has 174 valence electrons. The molecule has 10 heteroatoms. The van der Waals surface area contributed by atoms with Crippen molar-refractivity contribution in [2.45, 2.75) is 31.5 Å². The maximum Gasteiger partial charge on any atom is 0.326 e. The summed E-state index contributed by atoms with van der Waals surface area (Å²) < 4.78 is 0. The Kier molecular flexibility index (Phi) is 7.29. The molecular formula is C23H25N3O7. The molecule has 0 saturated carbocycles. The lowest BCUT2D eigenvalue weighted by atomic mass is 9.93. The number of aliphatic hydroxyl groups is 1. The number of hydrogen-bond acceptors (Lipinski definition) is 5. The van der Waals surface area contributed by atoms with Gasteiger partial charge in [-0.15, -0.1) is 0 Å². The Balaban J connectivity index is 1.75. The number of aliphatic carboxylic acids is 2. The largest absolute Gasteiger partial charge is 0.481 e. The van der Waals surface area contributed by atoms with Crippen LogP contribution in [0.3, 0.4) is 0 Å². The van der Waals surface area contributed by atoms with Gasteiger partial charge < -0.3 is 30.9 Å². The normalized spacial score (nSPS) is 20.7. The summed E-state index contributed by atoms with van der Waals surface area (Å²) >= 11 is 0. The lowest BCUT2D eigenvalue weighted by molar-refractivity contribution is -0.149. The number of rotatable bonds is 7. The van der Waals surface area contributed by atoms with Crippen LogP contribution >= 0.6 is 0 Å². The topological polar surface area (TPSA) is 156 Å². The van der Waals surface area contributed by atoms with E-state index in [9.17, 15) is 34.5 Å². The van der Waals surface area contributed by atoms with Crippen LogP contribution in [0.15, 0.2) is 54.6 Å². The van der Waals surface area contributed by atoms with Crippen LogP contribution in [0.5, 0.6) is 0 Å².